The number of pyridine rings is 1. The molecule has 2 fully saturated rings. The zero-order valence-corrected chi connectivity index (χ0v) is 14.5. The Labute approximate surface area is 145 Å². The lowest BCUT2D eigenvalue weighted by molar-refractivity contribution is -0.127. The number of rotatable bonds is 6. The third-order valence-corrected chi connectivity index (χ3v) is 5.96. The molecule has 4 nitrogen and oxygen atoms in total. The van der Waals surface area contributed by atoms with Crippen LogP contribution in [-0.4, -0.2) is 29.1 Å². The third kappa shape index (κ3) is 4.56. The Morgan fingerprint density at radius 1 is 1.21 bits per heavy atom. The molecule has 0 aromatic carbocycles. The van der Waals surface area contributed by atoms with Crippen molar-refractivity contribution in [1.82, 2.24) is 10.3 Å². The molecule has 1 heterocycles. The second-order valence-electron chi connectivity index (χ2n) is 7.63. The number of hydrogen-bond acceptors (Lipinski definition) is 3. The number of aliphatic hydroxyl groups is 1. The summed E-state index contributed by atoms with van der Waals surface area (Å²) in [4.78, 5) is 16.8. The van der Waals surface area contributed by atoms with Crippen LogP contribution >= 0.6 is 0 Å². The summed E-state index contributed by atoms with van der Waals surface area (Å²) in [5, 5.41) is 12.7. The largest absolute Gasteiger partial charge is 0.396 e. The number of hydrogen-bond donors (Lipinski definition) is 2. The van der Waals surface area contributed by atoms with Crippen LogP contribution in [0.1, 0.15) is 50.6 Å². The number of carbonyl (C=O) groups excluding carboxylic acids is 1. The van der Waals surface area contributed by atoms with Crippen LogP contribution in [0.2, 0.25) is 0 Å². The van der Waals surface area contributed by atoms with Gasteiger partial charge >= 0.3 is 0 Å². The summed E-state index contributed by atoms with van der Waals surface area (Å²) in [6.45, 7) is 0.614. The van der Waals surface area contributed by atoms with Gasteiger partial charge in [-0.2, -0.15) is 0 Å². The predicted molar refractivity (Wildman–Crippen MR) is 94.3 cm³/mol. The number of amides is 1. The van der Waals surface area contributed by atoms with Crippen LogP contribution in [0.5, 0.6) is 0 Å². The number of nitrogens with zero attached hydrogens (tertiary/aromatic N) is 1. The van der Waals surface area contributed by atoms with E-state index in [0.717, 1.165) is 30.4 Å². The molecule has 0 saturated heterocycles. The molecule has 1 aromatic heterocycles. The fourth-order valence-corrected chi connectivity index (χ4v) is 4.52. The zero-order valence-electron chi connectivity index (χ0n) is 14.5. The summed E-state index contributed by atoms with van der Waals surface area (Å²) < 4.78 is 0. The fraction of sp³-hybridized carbons (Fsp3) is 0.700. The molecule has 24 heavy (non-hydrogen) atoms. The normalized spacial score (nSPS) is 28.0. The van der Waals surface area contributed by atoms with E-state index in [1.54, 1.807) is 6.20 Å². The van der Waals surface area contributed by atoms with E-state index >= 15 is 0 Å². The molecule has 1 amide bonds. The number of nitrogens with one attached hydrogen (secondary N) is 1. The molecule has 132 valence electrons. The van der Waals surface area contributed by atoms with E-state index in [4.69, 9.17) is 0 Å². The lowest BCUT2D eigenvalue weighted by Gasteiger charge is -2.38. The van der Waals surface area contributed by atoms with E-state index in [1.807, 2.05) is 18.2 Å². The minimum Gasteiger partial charge on any atom is -0.396 e. The molecule has 3 rings (SSSR count). The minimum absolute atomic E-state index is 0.0369. The first-order valence-corrected chi connectivity index (χ1v) is 9.54. The monoisotopic (exact) mass is 330 g/mol. The van der Waals surface area contributed by atoms with Crippen LogP contribution in [0.4, 0.5) is 0 Å². The maximum atomic E-state index is 12.5. The summed E-state index contributed by atoms with van der Waals surface area (Å²) in [6, 6.07) is 5.81. The molecule has 0 aliphatic heterocycles. The lowest BCUT2D eigenvalue weighted by atomic mass is 9.67. The van der Waals surface area contributed by atoms with Gasteiger partial charge in [-0.25, -0.2) is 0 Å². The highest BCUT2D eigenvalue weighted by molar-refractivity contribution is 5.78. The topological polar surface area (TPSA) is 62.2 Å². The lowest BCUT2D eigenvalue weighted by Crippen LogP contribution is -2.40. The number of carbonyl (C=O) groups is 1. The molecule has 4 atom stereocenters. The molecule has 0 spiro atoms. The molecule has 2 aliphatic carbocycles. The van der Waals surface area contributed by atoms with Gasteiger partial charge in [-0.05, 0) is 49.7 Å². The van der Waals surface area contributed by atoms with Gasteiger partial charge in [-0.1, -0.05) is 31.7 Å². The second kappa shape index (κ2) is 8.61. The average Bonchev–Trinajstić information content (AvgIpc) is 2.65. The Balaban J connectivity index is 1.45. The maximum absolute atomic E-state index is 12.5. The van der Waals surface area contributed by atoms with Crippen LogP contribution < -0.4 is 5.32 Å². The number of aliphatic hydroxyl groups excluding tert-OH is 1. The van der Waals surface area contributed by atoms with Gasteiger partial charge in [-0.3, -0.25) is 9.78 Å². The van der Waals surface area contributed by atoms with Crippen molar-refractivity contribution in [2.75, 3.05) is 13.2 Å². The summed E-state index contributed by atoms with van der Waals surface area (Å²) in [6.07, 6.45) is 11.2. The van der Waals surface area contributed by atoms with E-state index in [-0.39, 0.29) is 24.3 Å². The summed E-state index contributed by atoms with van der Waals surface area (Å²) >= 11 is 0. The molecule has 4 heteroatoms. The quantitative estimate of drug-likeness (QED) is 0.843. The first-order valence-electron chi connectivity index (χ1n) is 9.54. The summed E-state index contributed by atoms with van der Waals surface area (Å²) in [5.41, 5.74) is 0.966. The molecule has 2 saturated carbocycles. The highest BCUT2D eigenvalue weighted by Crippen LogP contribution is 2.42. The Morgan fingerprint density at radius 3 is 2.79 bits per heavy atom. The van der Waals surface area contributed by atoms with Gasteiger partial charge in [0.15, 0.2) is 0 Å². The van der Waals surface area contributed by atoms with Crippen molar-refractivity contribution in [3.63, 3.8) is 0 Å². The standard InChI is InChI=1S/C20H30N2O2/c23-14-15(11-19-7-3-4-10-21-19)13-22-20(24)18-9-8-16-5-1-2-6-17(16)12-18/h3-4,7,10,15-18,23H,1-2,5-6,8-9,11-14H2,(H,22,24). The Morgan fingerprint density at radius 2 is 2.04 bits per heavy atom. The van der Waals surface area contributed by atoms with Gasteiger partial charge in [0.2, 0.25) is 5.91 Å². The Bertz CT molecular complexity index is 520. The van der Waals surface area contributed by atoms with Crippen molar-refractivity contribution in [1.29, 1.82) is 0 Å². The van der Waals surface area contributed by atoms with E-state index in [1.165, 1.54) is 32.1 Å². The van der Waals surface area contributed by atoms with Crippen molar-refractivity contribution in [2.45, 2.75) is 51.4 Å². The van der Waals surface area contributed by atoms with E-state index in [9.17, 15) is 9.90 Å². The minimum atomic E-state index is 0.0369. The average molecular weight is 330 g/mol. The fourth-order valence-electron chi connectivity index (χ4n) is 4.52. The summed E-state index contributed by atoms with van der Waals surface area (Å²) in [7, 11) is 0. The van der Waals surface area contributed by atoms with Gasteiger partial charge in [0.05, 0.1) is 0 Å². The van der Waals surface area contributed by atoms with Crippen LogP contribution in [0.3, 0.4) is 0 Å². The smallest absolute Gasteiger partial charge is 0.223 e. The van der Waals surface area contributed by atoms with Gasteiger partial charge in [-0.15, -0.1) is 0 Å². The first-order chi connectivity index (χ1) is 11.8. The summed E-state index contributed by atoms with van der Waals surface area (Å²) in [5.74, 6) is 2.05. The molecular weight excluding hydrogens is 300 g/mol. The molecule has 4 unspecified atom stereocenters. The molecule has 2 aliphatic rings. The third-order valence-electron chi connectivity index (χ3n) is 5.96. The van der Waals surface area contributed by atoms with Crippen molar-refractivity contribution >= 4 is 5.91 Å². The van der Waals surface area contributed by atoms with Gasteiger partial charge in [0.1, 0.15) is 0 Å². The van der Waals surface area contributed by atoms with Crippen LogP contribution in [-0.2, 0) is 11.2 Å². The molecular formula is C20H30N2O2. The predicted octanol–water partition coefficient (Wildman–Crippen LogP) is 2.96. The molecule has 0 radical (unpaired) electrons. The van der Waals surface area contributed by atoms with Crippen molar-refractivity contribution in [2.24, 2.45) is 23.7 Å². The van der Waals surface area contributed by atoms with E-state index in [2.05, 4.69) is 10.3 Å². The van der Waals surface area contributed by atoms with E-state index in [0.29, 0.717) is 13.0 Å². The Kier molecular flexibility index (Phi) is 6.24. The van der Waals surface area contributed by atoms with Crippen molar-refractivity contribution < 1.29 is 9.90 Å². The maximum Gasteiger partial charge on any atom is 0.223 e. The van der Waals surface area contributed by atoms with Crippen molar-refractivity contribution in [3.8, 4) is 0 Å². The van der Waals surface area contributed by atoms with Gasteiger partial charge < -0.3 is 10.4 Å². The molecule has 0 bridgehead atoms. The Hall–Kier alpha value is -1.42. The SMILES string of the molecule is O=C(NCC(CO)Cc1ccccn1)C1CCC2CCCCC2C1. The number of fused-ring (bicyclic) bond motifs is 1. The van der Waals surface area contributed by atoms with Crippen LogP contribution in [0, 0.1) is 23.7 Å². The highest BCUT2D eigenvalue weighted by atomic mass is 16.3. The molecule has 1 aromatic rings. The van der Waals surface area contributed by atoms with Crippen LogP contribution in [0.15, 0.2) is 24.4 Å². The van der Waals surface area contributed by atoms with Crippen LogP contribution in [0.25, 0.3) is 0 Å². The zero-order chi connectivity index (χ0) is 16.8. The number of aromatic nitrogens is 1. The van der Waals surface area contributed by atoms with Gasteiger partial charge in [0.25, 0.3) is 0 Å². The van der Waals surface area contributed by atoms with Gasteiger partial charge in [0, 0.05) is 36.9 Å². The molecule has 2 N–H and O–H groups in total. The first kappa shape index (κ1) is 17.4. The van der Waals surface area contributed by atoms with Crippen molar-refractivity contribution in [3.05, 3.63) is 30.1 Å². The highest BCUT2D eigenvalue weighted by Gasteiger charge is 2.34. The van der Waals surface area contributed by atoms with E-state index < -0.39 is 0 Å². The second-order valence-corrected chi connectivity index (χ2v) is 7.63.